The molecule has 0 aliphatic carbocycles. The first kappa shape index (κ1) is 30.0. The number of aliphatic hydroxyl groups is 1. The van der Waals surface area contributed by atoms with Crippen molar-refractivity contribution in [3.63, 3.8) is 0 Å². The summed E-state index contributed by atoms with van der Waals surface area (Å²) in [6, 6.07) is 13.7. The average Bonchev–Trinajstić information content (AvgIpc) is 2.81. The van der Waals surface area contributed by atoms with E-state index in [0.717, 1.165) is 24.3 Å². The van der Waals surface area contributed by atoms with Gasteiger partial charge >= 0.3 is 18.9 Å². The molecule has 212 valence electrons. The normalized spacial score (nSPS) is 13.7. The van der Waals surface area contributed by atoms with Gasteiger partial charge in [0.15, 0.2) is 6.10 Å². The van der Waals surface area contributed by atoms with Gasteiger partial charge in [-0.25, -0.2) is 0 Å². The number of aliphatic hydroxyl groups excluding tert-OH is 1. The van der Waals surface area contributed by atoms with Crippen LogP contribution in [0.3, 0.4) is 0 Å². The fraction of sp³-hybridized carbons (Fsp3) is 0.320. The Morgan fingerprint density at radius 2 is 1.28 bits per heavy atom. The van der Waals surface area contributed by atoms with E-state index < -0.39 is 55.0 Å². The number of hydrogen-bond donors (Lipinski definition) is 2. The smallest absolute Gasteiger partial charge is 0.406 e. The lowest BCUT2D eigenvalue weighted by molar-refractivity contribution is -0.275. The van der Waals surface area contributed by atoms with Gasteiger partial charge in [-0.05, 0) is 47.5 Å². The van der Waals surface area contributed by atoms with E-state index in [2.05, 4.69) is 19.8 Å². The van der Waals surface area contributed by atoms with Gasteiger partial charge in [0.2, 0.25) is 0 Å². The predicted molar refractivity (Wildman–Crippen MR) is 120 cm³/mol. The lowest BCUT2D eigenvalue weighted by atomic mass is 9.71. The molecule has 3 aromatic rings. The maximum Gasteiger partial charge on any atom is 0.573 e. The molecule has 0 fully saturated rings. The van der Waals surface area contributed by atoms with Crippen LogP contribution in [0.25, 0.3) is 0 Å². The number of halogens is 9. The van der Waals surface area contributed by atoms with E-state index in [-0.39, 0.29) is 17.5 Å². The van der Waals surface area contributed by atoms with Crippen LogP contribution in [0, 0.1) is 0 Å². The zero-order valence-corrected chi connectivity index (χ0v) is 19.7. The minimum atomic E-state index is -5.07. The summed E-state index contributed by atoms with van der Waals surface area (Å²) in [6.45, 7) is -1.48. The number of nitrogens with zero attached hydrogens (tertiary/aromatic N) is 1. The highest BCUT2D eigenvalue weighted by Crippen LogP contribution is 2.39. The van der Waals surface area contributed by atoms with Crippen LogP contribution in [-0.4, -0.2) is 48.2 Å². The summed E-state index contributed by atoms with van der Waals surface area (Å²) in [5, 5.41) is 11.9. The summed E-state index contributed by atoms with van der Waals surface area (Å²) < 4.78 is 125. The molecular weight excluding hydrogens is 547 g/mol. The van der Waals surface area contributed by atoms with Gasteiger partial charge in [-0.2, -0.15) is 13.2 Å². The van der Waals surface area contributed by atoms with Crippen molar-refractivity contribution in [2.75, 3.05) is 13.1 Å². The Labute approximate surface area is 216 Å². The highest BCUT2D eigenvalue weighted by Gasteiger charge is 2.41. The van der Waals surface area contributed by atoms with Gasteiger partial charge in [0, 0.05) is 36.8 Å². The maximum absolute atomic E-state index is 13.0. The van der Waals surface area contributed by atoms with E-state index in [1.165, 1.54) is 36.5 Å². The molecule has 0 amide bonds. The van der Waals surface area contributed by atoms with Crippen molar-refractivity contribution < 1.29 is 54.1 Å². The molecule has 0 aliphatic rings. The molecule has 0 aliphatic heterocycles. The number of nitrogens with one attached hydrogen (secondary N) is 1. The quantitative estimate of drug-likeness (QED) is 0.298. The molecule has 1 unspecified atom stereocenters. The zero-order chi connectivity index (χ0) is 28.9. The number of hydrogen-bond acceptors (Lipinski definition) is 5. The fourth-order valence-electron chi connectivity index (χ4n) is 3.97. The third kappa shape index (κ3) is 8.75. The molecule has 3 rings (SSSR count). The van der Waals surface area contributed by atoms with Crippen molar-refractivity contribution in [3.05, 3.63) is 89.7 Å². The van der Waals surface area contributed by atoms with Crippen molar-refractivity contribution in [2.24, 2.45) is 0 Å². The van der Waals surface area contributed by atoms with Crippen LogP contribution in [0.2, 0.25) is 0 Å². The summed E-state index contributed by atoms with van der Waals surface area (Å²) in [7, 11) is 0. The molecule has 0 spiro atoms. The van der Waals surface area contributed by atoms with E-state index in [1.54, 1.807) is 12.1 Å². The van der Waals surface area contributed by atoms with Gasteiger partial charge in [0.1, 0.15) is 11.5 Å². The minimum absolute atomic E-state index is 0.0491. The van der Waals surface area contributed by atoms with Crippen LogP contribution in [0.5, 0.6) is 11.5 Å². The SMILES string of the molecule is OC(CNCC(Cc1ccccn1)(c1cccc(OC(F)(F)F)c1)c1cccc(OC(F)(F)F)c1)C(F)(F)F. The first-order valence-electron chi connectivity index (χ1n) is 11.2. The van der Waals surface area contributed by atoms with Crippen LogP contribution in [0.1, 0.15) is 16.8 Å². The van der Waals surface area contributed by atoms with Gasteiger partial charge in [-0.3, -0.25) is 4.98 Å². The summed E-state index contributed by atoms with van der Waals surface area (Å²) in [4.78, 5) is 4.18. The molecule has 1 atom stereocenters. The number of alkyl halides is 9. The van der Waals surface area contributed by atoms with Crippen LogP contribution < -0.4 is 14.8 Å². The van der Waals surface area contributed by atoms with Crippen LogP contribution in [0.4, 0.5) is 39.5 Å². The Bertz CT molecular complexity index is 1160. The second-order valence-electron chi connectivity index (χ2n) is 8.42. The summed E-state index contributed by atoms with van der Waals surface area (Å²) in [5.41, 5.74) is -1.20. The average molecular weight is 568 g/mol. The standard InChI is InChI=1S/C25H21F9N2O3/c26-23(27,28)21(37)14-35-15-22(13-18-7-1-2-10-36-18,16-5-3-8-19(11-16)38-24(29,30)31)17-6-4-9-20(12-17)39-25(32,33)34/h1-12,21,35,37H,13-15H2. The Kier molecular flexibility index (Phi) is 9.01. The van der Waals surface area contributed by atoms with E-state index in [9.17, 15) is 44.6 Å². The molecule has 39 heavy (non-hydrogen) atoms. The lowest BCUT2D eigenvalue weighted by Gasteiger charge is -2.36. The second-order valence-corrected chi connectivity index (χ2v) is 8.42. The Morgan fingerprint density at radius 3 is 1.72 bits per heavy atom. The van der Waals surface area contributed by atoms with Crippen LogP contribution >= 0.6 is 0 Å². The van der Waals surface area contributed by atoms with Crippen molar-refractivity contribution in [2.45, 2.75) is 36.8 Å². The molecule has 1 heterocycles. The number of aromatic nitrogens is 1. The van der Waals surface area contributed by atoms with Gasteiger partial charge in [0.25, 0.3) is 0 Å². The summed E-state index contributed by atoms with van der Waals surface area (Å²) in [5.74, 6) is -1.33. The van der Waals surface area contributed by atoms with Crippen molar-refractivity contribution in [1.82, 2.24) is 10.3 Å². The molecule has 5 nitrogen and oxygen atoms in total. The molecule has 0 bridgehead atoms. The lowest BCUT2D eigenvalue weighted by Crippen LogP contribution is -2.46. The van der Waals surface area contributed by atoms with Crippen molar-refractivity contribution in [1.29, 1.82) is 0 Å². The van der Waals surface area contributed by atoms with Gasteiger partial charge < -0.3 is 19.9 Å². The molecule has 0 radical (unpaired) electrons. The number of pyridine rings is 1. The fourth-order valence-corrected chi connectivity index (χ4v) is 3.97. The van der Waals surface area contributed by atoms with Crippen molar-refractivity contribution >= 4 is 0 Å². The Hall–Kier alpha value is -3.52. The van der Waals surface area contributed by atoms with Gasteiger partial charge in [-0.1, -0.05) is 30.3 Å². The molecule has 2 N–H and O–H groups in total. The zero-order valence-electron chi connectivity index (χ0n) is 19.7. The molecule has 0 saturated carbocycles. The highest BCUT2D eigenvalue weighted by molar-refractivity contribution is 5.47. The third-order valence-electron chi connectivity index (χ3n) is 5.59. The topological polar surface area (TPSA) is 63.6 Å². The van der Waals surface area contributed by atoms with Crippen LogP contribution in [-0.2, 0) is 11.8 Å². The van der Waals surface area contributed by atoms with E-state index in [4.69, 9.17) is 0 Å². The highest BCUT2D eigenvalue weighted by atomic mass is 19.4. The molecular formula is C25H21F9N2O3. The predicted octanol–water partition coefficient (Wildman–Crippen LogP) is 5.92. The Morgan fingerprint density at radius 1 is 0.744 bits per heavy atom. The largest absolute Gasteiger partial charge is 0.573 e. The molecule has 2 aromatic carbocycles. The summed E-state index contributed by atoms with van der Waals surface area (Å²) >= 11 is 0. The third-order valence-corrected chi connectivity index (χ3v) is 5.59. The summed E-state index contributed by atoms with van der Waals surface area (Å²) in [6.07, 6.45) is -16.7. The van der Waals surface area contributed by atoms with E-state index in [1.807, 2.05) is 0 Å². The second kappa shape index (κ2) is 11.7. The maximum atomic E-state index is 13.0. The number of ether oxygens (including phenoxy) is 2. The van der Waals surface area contributed by atoms with E-state index in [0.29, 0.717) is 5.69 Å². The Balaban J connectivity index is 2.18. The first-order valence-corrected chi connectivity index (χ1v) is 11.2. The minimum Gasteiger partial charge on any atom is -0.406 e. The van der Waals surface area contributed by atoms with Crippen molar-refractivity contribution in [3.8, 4) is 11.5 Å². The number of benzene rings is 2. The molecule has 1 aromatic heterocycles. The van der Waals surface area contributed by atoms with Crippen LogP contribution in [0.15, 0.2) is 72.9 Å². The molecule has 0 saturated heterocycles. The number of rotatable bonds is 10. The molecule has 14 heteroatoms. The first-order chi connectivity index (χ1) is 18.1. The van der Waals surface area contributed by atoms with Gasteiger partial charge in [0.05, 0.1) is 0 Å². The van der Waals surface area contributed by atoms with Gasteiger partial charge in [-0.15, -0.1) is 26.3 Å². The van der Waals surface area contributed by atoms with E-state index >= 15 is 0 Å². The monoisotopic (exact) mass is 568 g/mol.